The summed E-state index contributed by atoms with van der Waals surface area (Å²) in [6.45, 7) is 3.42. The van der Waals surface area contributed by atoms with Crippen LogP contribution in [0.25, 0.3) is 0 Å². The zero-order valence-corrected chi connectivity index (χ0v) is 17.8. The standard InChI is InChI=1S/C20H21BrClN3O3/c1-27-17-4-2-3-15(19(17)22)20(26)25-8-7-24-11-18(28-12-14(24)10-25)16-6-5-13(21)9-23-16/h2-6,9,14,18H,7-8,10-12H2,1H3/t14-,18-/m1/s1. The zero-order chi connectivity index (χ0) is 19.7. The van der Waals surface area contributed by atoms with Gasteiger partial charge in [0.05, 0.1) is 36.0 Å². The molecule has 2 aliphatic rings. The monoisotopic (exact) mass is 465 g/mol. The van der Waals surface area contributed by atoms with Gasteiger partial charge in [0.1, 0.15) is 11.9 Å². The molecule has 0 radical (unpaired) electrons. The zero-order valence-electron chi connectivity index (χ0n) is 15.5. The van der Waals surface area contributed by atoms with Crippen LogP contribution < -0.4 is 4.74 Å². The summed E-state index contributed by atoms with van der Waals surface area (Å²) >= 11 is 9.75. The Morgan fingerprint density at radius 3 is 2.89 bits per heavy atom. The SMILES string of the molecule is COc1cccc(C(=O)N2CCN3C[C@H](c4ccc(Br)cn4)OC[C@H]3C2)c1Cl. The molecule has 0 aliphatic carbocycles. The highest BCUT2D eigenvalue weighted by molar-refractivity contribution is 9.10. The molecule has 2 aliphatic heterocycles. The summed E-state index contributed by atoms with van der Waals surface area (Å²) in [6, 6.07) is 9.42. The van der Waals surface area contributed by atoms with Crippen molar-refractivity contribution in [1.82, 2.24) is 14.8 Å². The van der Waals surface area contributed by atoms with E-state index in [1.54, 1.807) is 31.5 Å². The predicted octanol–water partition coefficient (Wildman–Crippen LogP) is 3.40. The summed E-state index contributed by atoms with van der Waals surface area (Å²) in [7, 11) is 1.55. The minimum atomic E-state index is -0.0692. The number of aromatic nitrogens is 1. The Balaban J connectivity index is 1.42. The molecule has 0 bridgehead atoms. The molecule has 148 valence electrons. The lowest BCUT2D eigenvalue weighted by atomic mass is 10.1. The molecule has 2 saturated heterocycles. The minimum absolute atomic E-state index is 0.0422. The maximum absolute atomic E-state index is 13.0. The Bertz CT molecular complexity index is 864. The molecule has 2 aromatic rings. The van der Waals surface area contributed by atoms with E-state index in [1.165, 1.54) is 0 Å². The van der Waals surface area contributed by atoms with Gasteiger partial charge >= 0.3 is 0 Å². The van der Waals surface area contributed by atoms with E-state index in [0.717, 1.165) is 23.3 Å². The van der Waals surface area contributed by atoms with Gasteiger partial charge in [-0.2, -0.15) is 0 Å². The molecule has 3 heterocycles. The largest absolute Gasteiger partial charge is 0.495 e. The Morgan fingerprint density at radius 2 is 2.14 bits per heavy atom. The molecular formula is C20H21BrClN3O3. The number of hydrogen-bond acceptors (Lipinski definition) is 5. The molecule has 1 aromatic carbocycles. The molecular weight excluding hydrogens is 446 g/mol. The second-order valence-corrected chi connectivity index (χ2v) is 8.24. The number of halogens is 2. The lowest BCUT2D eigenvalue weighted by Crippen LogP contribution is -2.59. The number of methoxy groups -OCH3 is 1. The van der Waals surface area contributed by atoms with Gasteiger partial charge in [0, 0.05) is 36.8 Å². The first-order valence-electron chi connectivity index (χ1n) is 9.15. The van der Waals surface area contributed by atoms with Crippen LogP contribution in [-0.2, 0) is 4.74 Å². The highest BCUT2D eigenvalue weighted by atomic mass is 79.9. The third-order valence-corrected chi connectivity index (χ3v) is 6.13. The average Bonchev–Trinajstić information content (AvgIpc) is 2.73. The molecule has 0 unspecified atom stereocenters. The van der Waals surface area contributed by atoms with Crippen LogP contribution in [0.15, 0.2) is 41.0 Å². The minimum Gasteiger partial charge on any atom is -0.495 e. The fraction of sp³-hybridized carbons (Fsp3) is 0.400. The van der Waals surface area contributed by atoms with E-state index < -0.39 is 0 Å². The first kappa shape index (κ1) is 19.6. The number of carbonyl (C=O) groups excluding carboxylic acids is 1. The van der Waals surface area contributed by atoms with Crippen LogP contribution in [-0.4, -0.2) is 66.6 Å². The number of benzene rings is 1. The number of amides is 1. The summed E-state index contributed by atoms with van der Waals surface area (Å²) in [6.07, 6.45) is 1.75. The number of piperazine rings is 1. The van der Waals surface area contributed by atoms with Crippen molar-refractivity contribution in [3.8, 4) is 5.75 Å². The average molecular weight is 467 g/mol. The third kappa shape index (κ3) is 3.89. The van der Waals surface area contributed by atoms with Crippen molar-refractivity contribution >= 4 is 33.4 Å². The molecule has 28 heavy (non-hydrogen) atoms. The molecule has 1 amide bonds. The number of rotatable bonds is 3. The van der Waals surface area contributed by atoms with Crippen LogP contribution in [0, 0.1) is 0 Å². The normalized spacial score (nSPS) is 22.6. The molecule has 4 rings (SSSR count). The van der Waals surface area contributed by atoms with Gasteiger partial charge in [-0.3, -0.25) is 14.7 Å². The summed E-state index contributed by atoms with van der Waals surface area (Å²) in [4.78, 5) is 21.7. The molecule has 6 nitrogen and oxygen atoms in total. The summed E-state index contributed by atoms with van der Waals surface area (Å²) in [5.74, 6) is 0.442. The predicted molar refractivity (Wildman–Crippen MR) is 110 cm³/mol. The van der Waals surface area contributed by atoms with Gasteiger partial charge < -0.3 is 14.4 Å². The van der Waals surface area contributed by atoms with Crippen LogP contribution in [0.3, 0.4) is 0 Å². The van der Waals surface area contributed by atoms with Gasteiger partial charge in [0.15, 0.2) is 0 Å². The summed E-state index contributed by atoms with van der Waals surface area (Å²) in [5, 5.41) is 0.360. The summed E-state index contributed by atoms with van der Waals surface area (Å²) < 4.78 is 12.2. The topological polar surface area (TPSA) is 54.9 Å². The number of ether oxygens (including phenoxy) is 2. The van der Waals surface area contributed by atoms with Gasteiger partial charge in [-0.25, -0.2) is 0 Å². The molecule has 8 heteroatoms. The van der Waals surface area contributed by atoms with Crippen LogP contribution in [0.4, 0.5) is 0 Å². The molecule has 2 fully saturated rings. The second-order valence-electron chi connectivity index (χ2n) is 6.95. The van der Waals surface area contributed by atoms with E-state index in [9.17, 15) is 4.79 Å². The maximum atomic E-state index is 13.0. The van der Waals surface area contributed by atoms with Gasteiger partial charge in [-0.15, -0.1) is 0 Å². The van der Waals surface area contributed by atoms with Crippen molar-refractivity contribution < 1.29 is 14.3 Å². The Morgan fingerprint density at radius 1 is 1.29 bits per heavy atom. The van der Waals surface area contributed by atoms with Crippen LogP contribution in [0.5, 0.6) is 5.75 Å². The molecule has 0 N–H and O–H groups in total. The summed E-state index contributed by atoms with van der Waals surface area (Å²) in [5.41, 5.74) is 1.41. The number of carbonyl (C=O) groups is 1. The fourth-order valence-corrected chi connectivity index (χ4v) is 4.25. The Kier molecular flexibility index (Phi) is 5.87. The lowest BCUT2D eigenvalue weighted by molar-refractivity contribution is -0.0872. The van der Waals surface area contributed by atoms with E-state index in [0.29, 0.717) is 36.0 Å². The van der Waals surface area contributed by atoms with Crippen molar-refractivity contribution in [2.24, 2.45) is 0 Å². The Hall–Kier alpha value is -1.67. The molecule has 2 atom stereocenters. The molecule has 0 spiro atoms. The van der Waals surface area contributed by atoms with Crippen LogP contribution in [0.1, 0.15) is 22.2 Å². The van der Waals surface area contributed by atoms with Crippen molar-refractivity contribution in [2.45, 2.75) is 12.1 Å². The van der Waals surface area contributed by atoms with E-state index in [-0.39, 0.29) is 18.1 Å². The first-order valence-corrected chi connectivity index (χ1v) is 10.3. The number of morpholine rings is 1. The van der Waals surface area contributed by atoms with Gasteiger partial charge in [0.25, 0.3) is 5.91 Å². The highest BCUT2D eigenvalue weighted by Crippen LogP contribution is 2.30. The van der Waals surface area contributed by atoms with Crippen molar-refractivity contribution in [3.63, 3.8) is 0 Å². The lowest BCUT2D eigenvalue weighted by Gasteiger charge is -2.46. The van der Waals surface area contributed by atoms with Gasteiger partial charge in [-0.1, -0.05) is 17.7 Å². The number of nitrogens with zero attached hydrogens (tertiary/aromatic N) is 3. The number of hydrogen-bond donors (Lipinski definition) is 0. The van der Waals surface area contributed by atoms with Gasteiger partial charge in [-0.05, 0) is 40.2 Å². The highest BCUT2D eigenvalue weighted by Gasteiger charge is 2.36. The second kappa shape index (κ2) is 8.37. The third-order valence-electron chi connectivity index (χ3n) is 5.28. The molecule has 1 aromatic heterocycles. The van der Waals surface area contributed by atoms with E-state index in [4.69, 9.17) is 21.1 Å². The van der Waals surface area contributed by atoms with Crippen LogP contribution in [0.2, 0.25) is 5.02 Å². The van der Waals surface area contributed by atoms with Crippen molar-refractivity contribution in [3.05, 3.63) is 57.3 Å². The van der Waals surface area contributed by atoms with E-state index in [2.05, 4.69) is 25.8 Å². The quantitative estimate of drug-likeness (QED) is 0.694. The smallest absolute Gasteiger partial charge is 0.255 e. The first-order chi connectivity index (χ1) is 13.6. The molecule has 0 saturated carbocycles. The maximum Gasteiger partial charge on any atom is 0.255 e. The van der Waals surface area contributed by atoms with E-state index >= 15 is 0 Å². The van der Waals surface area contributed by atoms with E-state index in [1.807, 2.05) is 17.0 Å². The van der Waals surface area contributed by atoms with Crippen molar-refractivity contribution in [2.75, 3.05) is 39.9 Å². The van der Waals surface area contributed by atoms with Crippen LogP contribution >= 0.6 is 27.5 Å². The fourth-order valence-electron chi connectivity index (χ4n) is 3.73. The van der Waals surface area contributed by atoms with Gasteiger partial charge in [0.2, 0.25) is 0 Å². The van der Waals surface area contributed by atoms with Crippen molar-refractivity contribution in [1.29, 1.82) is 0 Å². The Labute approximate surface area is 177 Å². The number of pyridine rings is 1. The number of fused-ring (bicyclic) bond motifs is 1.